The number of ether oxygens (including phenoxy) is 1. The molecule has 2 heterocycles. The summed E-state index contributed by atoms with van der Waals surface area (Å²) in [5, 5.41) is 3.25. The molecule has 1 aromatic carbocycles. The molecular weight excluding hydrogens is 308 g/mol. The molecule has 6 nitrogen and oxygen atoms in total. The van der Waals surface area contributed by atoms with E-state index in [1.807, 2.05) is 31.2 Å². The number of rotatable bonds is 3. The molecule has 4 atom stereocenters. The Kier molecular flexibility index (Phi) is 3.95. The minimum atomic E-state index is -1.22. The third-order valence-corrected chi connectivity index (χ3v) is 5.39. The van der Waals surface area contributed by atoms with Crippen LogP contribution in [-0.2, 0) is 25.5 Å². The number of fused-ring (bicyclic) bond motifs is 1. The minimum Gasteiger partial charge on any atom is -0.468 e. The smallest absolute Gasteiger partial charge is 0.326 e. The van der Waals surface area contributed by atoms with Gasteiger partial charge in [0.2, 0.25) is 11.8 Å². The fourth-order valence-corrected chi connectivity index (χ4v) is 4.11. The Morgan fingerprint density at radius 1 is 1.29 bits per heavy atom. The summed E-state index contributed by atoms with van der Waals surface area (Å²) in [7, 11) is 2.77. The first-order valence-corrected chi connectivity index (χ1v) is 8.12. The van der Waals surface area contributed by atoms with Crippen LogP contribution in [0.15, 0.2) is 24.3 Å². The van der Waals surface area contributed by atoms with Crippen LogP contribution in [0.2, 0.25) is 0 Å². The number of aryl methyl sites for hydroxylation is 1. The van der Waals surface area contributed by atoms with Crippen LogP contribution in [0.3, 0.4) is 0 Å². The van der Waals surface area contributed by atoms with Gasteiger partial charge in [0.1, 0.15) is 5.54 Å². The van der Waals surface area contributed by atoms with Crippen LogP contribution in [-0.4, -0.2) is 42.4 Å². The molecule has 0 spiro atoms. The van der Waals surface area contributed by atoms with E-state index in [1.54, 1.807) is 6.92 Å². The molecule has 2 fully saturated rings. The molecule has 0 saturated carbocycles. The van der Waals surface area contributed by atoms with E-state index in [-0.39, 0.29) is 11.8 Å². The number of nitrogens with one attached hydrogen (secondary N) is 1. The van der Waals surface area contributed by atoms with Gasteiger partial charge in [-0.3, -0.25) is 24.6 Å². The van der Waals surface area contributed by atoms with E-state index in [9.17, 15) is 14.4 Å². The quantitative estimate of drug-likeness (QED) is 0.662. The number of carbonyl (C=O) groups is 3. The van der Waals surface area contributed by atoms with Gasteiger partial charge in [0.15, 0.2) is 0 Å². The van der Waals surface area contributed by atoms with Crippen LogP contribution < -0.4 is 5.32 Å². The van der Waals surface area contributed by atoms with Crippen molar-refractivity contribution >= 4 is 17.8 Å². The maximum absolute atomic E-state index is 12.7. The molecule has 3 rings (SSSR count). The van der Waals surface area contributed by atoms with Crippen molar-refractivity contribution in [2.24, 2.45) is 11.8 Å². The van der Waals surface area contributed by atoms with Crippen molar-refractivity contribution in [3.05, 3.63) is 35.4 Å². The van der Waals surface area contributed by atoms with E-state index in [0.29, 0.717) is 0 Å². The van der Waals surface area contributed by atoms with Gasteiger partial charge in [0.05, 0.1) is 18.9 Å². The summed E-state index contributed by atoms with van der Waals surface area (Å²) >= 11 is 0. The Bertz CT molecular complexity index is 717. The van der Waals surface area contributed by atoms with Gasteiger partial charge in [-0.1, -0.05) is 31.2 Å². The van der Waals surface area contributed by atoms with E-state index < -0.39 is 29.4 Å². The fourth-order valence-electron chi connectivity index (χ4n) is 4.11. The van der Waals surface area contributed by atoms with E-state index in [0.717, 1.165) is 22.4 Å². The number of esters is 1. The van der Waals surface area contributed by atoms with Gasteiger partial charge in [-0.15, -0.1) is 0 Å². The van der Waals surface area contributed by atoms with Crippen LogP contribution in [0.1, 0.15) is 31.0 Å². The number of hydrogen-bond acceptors (Lipinski definition) is 5. The maximum atomic E-state index is 12.7. The van der Waals surface area contributed by atoms with E-state index >= 15 is 0 Å². The van der Waals surface area contributed by atoms with Gasteiger partial charge in [0.25, 0.3) is 0 Å². The summed E-state index contributed by atoms with van der Waals surface area (Å²) in [6, 6.07) is 7.42. The van der Waals surface area contributed by atoms with Gasteiger partial charge in [-0.2, -0.15) is 0 Å². The Morgan fingerprint density at radius 2 is 1.96 bits per heavy atom. The molecule has 2 amide bonds. The number of carbonyl (C=O) groups excluding carboxylic acids is 3. The van der Waals surface area contributed by atoms with Crippen molar-refractivity contribution in [3.8, 4) is 0 Å². The average Bonchev–Trinajstić information content (AvgIpc) is 3.04. The molecule has 1 N–H and O–H groups in total. The Labute approximate surface area is 141 Å². The van der Waals surface area contributed by atoms with Crippen LogP contribution in [0.5, 0.6) is 0 Å². The zero-order valence-electron chi connectivity index (χ0n) is 14.3. The molecule has 2 saturated heterocycles. The molecule has 0 radical (unpaired) electrons. The van der Waals surface area contributed by atoms with Crippen LogP contribution in [0.25, 0.3) is 0 Å². The molecule has 1 aromatic rings. The molecule has 0 bridgehead atoms. The monoisotopic (exact) mass is 330 g/mol. The lowest BCUT2D eigenvalue weighted by Crippen LogP contribution is -2.53. The zero-order chi connectivity index (χ0) is 17.6. The lowest BCUT2D eigenvalue weighted by molar-refractivity contribution is -0.152. The second-order valence-corrected chi connectivity index (χ2v) is 6.61. The maximum Gasteiger partial charge on any atom is 0.326 e. The number of nitrogens with zero attached hydrogens (tertiary/aromatic N) is 1. The van der Waals surface area contributed by atoms with Crippen molar-refractivity contribution in [2.45, 2.75) is 31.8 Å². The first-order chi connectivity index (χ1) is 11.4. The topological polar surface area (TPSA) is 75.7 Å². The molecule has 6 heteroatoms. The Hall–Kier alpha value is -2.21. The summed E-state index contributed by atoms with van der Waals surface area (Å²) in [6.07, 6.45) is 0.804. The normalized spacial score (nSPS) is 32.2. The third kappa shape index (κ3) is 2.09. The number of benzene rings is 1. The van der Waals surface area contributed by atoms with Crippen molar-refractivity contribution in [2.75, 3.05) is 14.2 Å². The van der Waals surface area contributed by atoms with Gasteiger partial charge in [-0.05, 0) is 24.5 Å². The lowest BCUT2D eigenvalue weighted by Gasteiger charge is -2.28. The summed E-state index contributed by atoms with van der Waals surface area (Å²) in [5.74, 6) is -2.45. The van der Waals surface area contributed by atoms with Crippen molar-refractivity contribution in [1.82, 2.24) is 10.2 Å². The van der Waals surface area contributed by atoms with Crippen molar-refractivity contribution in [3.63, 3.8) is 0 Å². The second kappa shape index (κ2) is 5.70. The Morgan fingerprint density at radius 3 is 2.58 bits per heavy atom. The molecule has 0 aromatic heterocycles. The standard InChI is InChI=1S/C18H22N2O4/c1-5-10-8-6-7-9-11(10)14-12-13(16(22)20(3)15(12)21)18(2,19-14)17(23)24-4/h6-9,12-14,19H,5H2,1-4H3/t12-,13-,14-,18-/m1/s1. The van der Waals surface area contributed by atoms with Gasteiger partial charge in [-0.25, -0.2) is 0 Å². The van der Waals surface area contributed by atoms with Crippen molar-refractivity contribution < 1.29 is 19.1 Å². The highest BCUT2D eigenvalue weighted by molar-refractivity contribution is 6.09. The molecule has 0 unspecified atom stereocenters. The number of hydrogen-bond donors (Lipinski definition) is 1. The predicted octanol–water partition coefficient (Wildman–Crippen LogP) is 1.06. The highest BCUT2D eigenvalue weighted by Crippen LogP contribution is 2.49. The van der Waals surface area contributed by atoms with Crippen LogP contribution in [0, 0.1) is 11.8 Å². The van der Waals surface area contributed by atoms with E-state index in [4.69, 9.17) is 4.74 Å². The van der Waals surface area contributed by atoms with Crippen molar-refractivity contribution in [1.29, 1.82) is 0 Å². The molecular formula is C18H22N2O4. The third-order valence-electron chi connectivity index (χ3n) is 5.39. The molecule has 24 heavy (non-hydrogen) atoms. The first-order valence-electron chi connectivity index (χ1n) is 8.12. The molecule has 2 aliphatic heterocycles. The first kappa shape index (κ1) is 16.6. The Balaban J connectivity index is 2.14. The molecule has 2 aliphatic rings. The highest BCUT2D eigenvalue weighted by atomic mass is 16.5. The van der Waals surface area contributed by atoms with E-state index in [2.05, 4.69) is 5.32 Å². The number of imide groups is 1. The summed E-state index contributed by atoms with van der Waals surface area (Å²) < 4.78 is 4.92. The molecule has 0 aliphatic carbocycles. The predicted molar refractivity (Wildman–Crippen MR) is 86.9 cm³/mol. The van der Waals surface area contributed by atoms with Crippen LogP contribution in [0.4, 0.5) is 0 Å². The second-order valence-electron chi connectivity index (χ2n) is 6.61. The highest BCUT2D eigenvalue weighted by Gasteiger charge is 2.66. The van der Waals surface area contributed by atoms with Gasteiger partial charge >= 0.3 is 5.97 Å². The van der Waals surface area contributed by atoms with Crippen LogP contribution >= 0.6 is 0 Å². The number of methoxy groups -OCH3 is 1. The van der Waals surface area contributed by atoms with Gasteiger partial charge < -0.3 is 4.74 Å². The molecule has 128 valence electrons. The van der Waals surface area contributed by atoms with E-state index in [1.165, 1.54) is 14.2 Å². The SMILES string of the molecule is CCc1ccccc1[C@H]1N[C@@](C)(C(=O)OC)[C@H]2C(=O)N(C)C(=O)[C@@H]12. The minimum absolute atomic E-state index is 0.249. The summed E-state index contributed by atoms with van der Waals surface area (Å²) in [4.78, 5) is 38.9. The largest absolute Gasteiger partial charge is 0.468 e. The lowest BCUT2D eigenvalue weighted by atomic mass is 9.80. The average molecular weight is 330 g/mol. The zero-order valence-corrected chi connectivity index (χ0v) is 14.3. The fraction of sp³-hybridized carbons (Fsp3) is 0.500. The number of likely N-dealkylation sites (tertiary alicyclic amines) is 1. The van der Waals surface area contributed by atoms with Gasteiger partial charge in [0, 0.05) is 13.1 Å². The summed E-state index contributed by atoms with van der Waals surface area (Å²) in [6.45, 7) is 3.69. The number of amides is 2. The summed E-state index contributed by atoms with van der Waals surface area (Å²) in [5.41, 5.74) is 0.833.